The second-order valence-corrected chi connectivity index (χ2v) is 4.23. The molecule has 0 spiro atoms. The minimum absolute atomic E-state index is 0.0406. The topological polar surface area (TPSA) is 49.8 Å². The molecule has 1 N–H and O–H groups in total. The number of ether oxygens (including phenoxy) is 1. The molecule has 0 radical (unpaired) electrons. The Labute approximate surface area is 108 Å². The highest BCUT2D eigenvalue weighted by atomic mass is 16.5. The number of phenolic OH excluding ortho intramolecular Hbond substituents is 1. The van der Waals surface area contributed by atoms with Gasteiger partial charge in [-0.1, -0.05) is 6.92 Å². The molecule has 0 aliphatic rings. The van der Waals surface area contributed by atoms with Gasteiger partial charge in [0.15, 0.2) is 0 Å². The first-order valence-corrected chi connectivity index (χ1v) is 6.23. The molecule has 0 saturated carbocycles. The number of amides is 1. The van der Waals surface area contributed by atoms with Crippen molar-refractivity contribution < 1.29 is 14.6 Å². The molecule has 4 heteroatoms. The molecule has 1 aromatic rings. The van der Waals surface area contributed by atoms with Crippen molar-refractivity contribution in [1.29, 1.82) is 0 Å². The van der Waals surface area contributed by atoms with Crippen LogP contribution in [0, 0.1) is 0 Å². The maximum atomic E-state index is 12.3. The van der Waals surface area contributed by atoms with Crippen LogP contribution in [0.1, 0.15) is 37.6 Å². The molecule has 0 saturated heterocycles. The normalized spacial score (nSPS) is 12.0. The van der Waals surface area contributed by atoms with E-state index in [1.54, 1.807) is 17.0 Å². The van der Waals surface area contributed by atoms with E-state index in [4.69, 9.17) is 4.74 Å². The molecule has 1 amide bonds. The second kappa shape index (κ2) is 6.28. The molecule has 1 atom stereocenters. The largest absolute Gasteiger partial charge is 0.507 e. The van der Waals surface area contributed by atoms with Gasteiger partial charge in [0.1, 0.15) is 11.5 Å². The molecule has 0 bridgehead atoms. The smallest absolute Gasteiger partial charge is 0.257 e. The van der Waals surface area contributed by atoms with E-state index in [-0.39, 0.29) is 17.7 Å². The van der Waals surface area contributed by atoms with Gasteiger partial charge in [0.25, 0.3) is 5.91 Å². The Morgan fingerprint density at radius 3 is 2.56 bits per heavy atom. The van der Waals surface area contributed by atoms with Gasteiger partial charge in [-0.2, -0.15) is 0 Å². The van der Waals surface area contributed by atoms with Crippen LogP contribution in [0.5, 0.6) is 11.5 Å². The SMILES string of the molecule is CCC(C)N(CC)C(=O)c1ccc(OC)cc1O. The Morgan fingerprint density at radius 1 is 1.44 bits per heavy atom. The maximum Gasteiger partial charge on any atom is 0.257 e. The highest BCUT2D eigenvalue weighted by Gasteiger charge is 2.21. The summed E-state index contributed by atoms with van der Waals surface area (Å²) >= 11 is 0. The van der Waals surface area contributed by atoms with Gasteiger partial charge in [-0.25, -0.2) is 0 Å². The molecular formula is C14H21NO3. The molecule has 0 fully saturated rings. The zero-order valence-electron chi connectivity index (χ0n) is 11.4. The van der Waals surface area contributed by atoms with E-state index in [9.17, 15) is 9.90 Å². The molecular weight excluding hydrogens is 230 g/mol. The number of carbonyl (C=O) groups is 1. The highest BCUT2D eigenvalue weighted by Crippen LogP contribution is 2.25. The van der Waals surface area contributed by atoms with Crippen molar-refractivity contribution in [3.05, 3.63) is 23.8 Å². The number of hydrogen-bond donors (Lipinski definition) is 1. The number of nitrogens with zero attached hydrogens (tertiary/aromatic N) is 1. The third kappa shape index (κ3) is 2.94. The summed E-state index contributed by atoms with van der Waals surface area (Å²) in [7, 11) is 1.52. The van der Waals surface area contributed by atoms with Gasteiger partial charge in [0.2, 0.25) is 0 Å². The summed E-state index contributed by atoms with van der Waals surface area (Å²) in [6, 6.07) is 4.89. The van der Waals surface area contributed by atoms with Crippen LogP contribution in [0.3, 0.4) is 0 Å². The van der Waals surface area contributed by atoms with Crippen LogP contribution in [0.15, 0.2) is 18.2 Å². The predicted octanol–water partition coefficient (Wildman–Crippen LogP) is 2.66. The fourth-order valence-corrected chi connectivity index (χ4v) is 1.85. The van der Waals surface area contributed by atoms with Crippen molar-refractivity contribution in [3.63, 3.8) is 0 Å². The van der Waals surface area contributed by atoms with E-state index in [0.29, 0.717) is 17.9 Å². The molecule has 0 aliphatic heterocycles. The van der Waals surface area contributed by atoms with Crippen LogP contribution in [-0.4, -0.2) is 35.6 Å². The summed E-state index contributed by atoms with van der Waals surface area (Å²) in [6.07, 6.45) is 0.885. The Hall–Kier alpha value is -1.71. The lowest BCUT2D eigenvalue weighted by molar-refractivity contribution is 0.0697. The lowest BCUT2D eigenvalue weighted by Crippen LogP contribution is -2.38. The number of carbonyl (C=O) groups excluding carboxylic acids is 1. The third-order valence-electron chi connectivity index (χ3n) is 3.16. The van der Waals surface area contributed by atoms with Crippen LogP contribution in [0.4, 0.5) is 0 Å². The van der Waals surface area contributed by atoms with Gasteiger partial charge in [0, 0.05) is 18.7 Å². The Bertz CT molecular complexity index is 418. The first kappa shape index (κ1) is 14.4. The predicted molar refractivity (Wildman–Crippen MR) is 71.1 cm³/mol. The molecule has 4 nitrogen and oxygen atoms in total. The van der Waals surface area contributed by atoms with Gasteiger partial charge in [-0.05, 0) is 32.4 Å². The first-order chi connectivity index (χ1) is 8.54. The van der Waals surface area contributed by atoms with Crippen molar-refractivity contribution in [2.24, 2.45) is 0 Å². The summed E-state index contributed by atoms with van der Waals surface area (Å²) < 4.78 is 5.00. The van der Waals surface area contributed by atoms with E-state index in [2.05, 4.69) is 0 Å². The lowest BCUT2D eigenvalue weighted by atomic mass is 10.1. The van der Waals surface area contributed by atoms with Gasteiger partial charge in [-0.15, -0.1) is 0 Å². The Kier molecular flexibility index (Phi) is 5.01. The number of methoxy groups -OCH3 is 1. The average molecular weight is 251 g/mol. The fourth-order valence-electron chi connectivity index (χ4n) is 1.85. The number of benzene rings is 1. The van der Waals surface area contributed by atoms with Crippen molar-refractivity contribution in [2.75, 3.05) is 13.7 Å². The average Bonchev–Trinajstić information content (AvgIpc) is 2.38. The quantitative estimate of drug-likeness (QED) is 0.875. The monoisotopic (exact) mass is 251 g/mol. The van der Waals surface area contributed by atoms with Crippen molar-refractivity contribution >= 4 is 5.91 Å². The standard InChI is InChI=1S/C14H21NO3/c1-5-10(3)15(6-2)14(17)12-8-7-11(18-4)9-13(12)16/h7-10,16H,5-6H2,1-4H3. The Morgan fingerprint density at radius 2 is 2.11 bits per heavy atom. The van der Waals surface area contributed by atoms with Crippen molar-refractivity contribution in [1.82, 2.24) is 4.90 Å². The van der Waals surface area contributed by atoms with Crippen molar-refractivity contribution in [3.8, 4) is 11.5 Å². The second-order valence-electron chi connectivity index (χ2n) is 4.23. The van der Waals surface area contributed by atoms with E-state index >= 15 is 0 Å². The summed E-state index contributed by atoms with van der Waals surface area (Å²) in [5.74, 6) is 0.351. The van der Waals surface area contributed by atoms with E-state index in [1.807, 2.05) is 20.8 Å². The van der Waals surface area contributed by atoms with Gasteiger partial charge in [-0.3, -0.25) is 4.79 Å². The lowest BCUT2D eigenvalue weighted by Gasteiger charge is -2.27. The number of phenols is 1. The molecule has 1 aromatic carbocycles. The zero-order chi connectivity index (χ0) is 13.7. The van der Waals surface area contributed by atoms with E-state index in [0.717, 1.165) is 6.42 Å². The molecule has 1 rings (SSSR count). The molecule has 0 aliphatic carbocycles. The minimum Gasteiger partial charge on any atom is -0.507 e. The van der Waals surface area contributed by atoms with Crippen LogP contribution in [0.25, 0.3) is 0 Å². The van der Waals surface area contributed by atoms with Crippen LogP contribution < -0.4 is 4.74 Å². The third-order valence-corrected chi connectivity index (χ3v) is 3.16. The number of aromatic hydroxyl groups is 1. The Balaban J connectivity index is 3.02. The highest BCUT2D eigenvalue weighted by molar-refractivity contribution is 5.97. The van der Waals surface area contributed by atoms with Gasteiger partial charge >= 0.3 is 0 Å². The molecule has 0 heterocycles. The molecule has 18 heavy (non-hydrogen) atoms. The van der Waals surface area contributed by atoms with Crippen molar-refractivity contribution in [2.45, 2.75) is 33.2 Å². The van der Waals surface area contributed by atoms with E-state index in [1.165, 1.54) is 13.2 Å². The molecule has 0 aromatic heterocycles. The van der Waals surface area contributed by atoms with Gasteiger partial charge < -0.3 is 14.7 Å². The number of hydrogen-bond acceptors (Lipinski definition) is 3. The van der Waals surface area contributed by atoms with Crippen LogP contribution in [0.2, 0.25) is 0 Å². The zero-order valence-corrected chi connectivity index (χ0v) is 11.4. The summed E-state index contributed by atoms with van der Waals surface area (Å²) in [6.45, 7) is 6.60. The summed E-state index contributed by atoms with van der Waals surface area (Å²) in [5, 5.41) is 9.86. The summed E-state index contributed by atoms with van der Waals surface area (Å²) in [5.41, 5.74) is 0.318. The summed E-state index contributed by atoms with van der Waals surface area (Å²) in [4.78, 5) is 14.1. The number of rotatable bonds is 5. The van der Waals surface area contributed by atoms with Gasteiger partial charge in [0.05, 0.1) is 12.7 Å². The van der Waals surface area contributed by atoms with E-state index < -0.39 is 0 Å². The molecule has 100 valence electrons. The van der Waals surface area contributed by atoms with Crippen LogP contribution >= 0.6 is 0 Å². The fraction of sp³-hybridized carbons (Fsp3) is 0.500. The van der Waals surface area contributed by atoms with Crippen LogP contribution in [-0.2, 0) is 0 Å². The maximum absolute atomic E-state index is 12.3. The first-order valence-electron chi connectivity index (χ1n) is 6.23. The molecule has 1 unspecified atom stereocenters. The minimum atomic E-state index is -0.146.